The van der Waals surface area contributed by atoms with Crippen LogP contribution in [0.3, 0.4) is 0 Å². The molecule has 0 radical (unpaired) electrons. The first-order valence-corrected chi connectivity index (χ1v) is 10.3. The highest BCUT2D eigenvalue weighted by atomic mass is 32.2. The Morgan fingerprint density at radius 2 is 1.78 bits per heavy atom. The maximum atomic E-state index is 14.5. The Kier molecular flexibility index (Phi) is 5.88. The van der Waals surface area contributed by atoms with E-state index in [0.29, 0.717) is 37.1 Å². The lowest BCUT2D eigenvalue weighted by Crippen LogP contribution is -2.48. The van der Waals surface area contributed by atoms with Crippen LogP contribution in [0.15, 0.2) is 42.5 Å². The van der Waals surface area contributed by atoms with Crippen molar-refractivity contribution in [1.82, 2.24) is 15.6 Å². The number of hydrogen-bond donors (Lipinski definition) is 3. The molecule has 2 aromatic carbocycles. The van der Waals surface area contributed by atoms with Gasteiger partial charge >= 0.3 is 0 Å². The number of benzene rings is 2. The highest BCUT2D eigenvalue weighted by molar-refractivity contribution is 7.90. The Morgan fingerprint density at radius 3 is 2.44 bits per heavy atom. The summed E-state index contributed by atoms with van der Waals surface area (Å²) in [6, 6.07) is 12.3. The minimum absolute atomic E-state index is 0.207. The van der Waals surface area contributed by atoms with Crippen molar-refractivity contribution >= 4 is 15.9 Å². The maximum Gasteiger partial charge on any atom is 0.269 e. The molecule has 8 heteroatoms. The smallest absolute Gasteiger partial charge is 0.269 e. The van der Waals surface area contributed by atoms with Gasteiger partial charge in [0.15, 0.2) is 0 Å². The van der Waals surface area contributed by atoms with Crippen LogP contribution in [-0.2, 0) is 10.0 Å². The Labute approximate surface area is 158 Å². The molecular weight excluding hydrogens is 369 g/mol. The molecule has 0 unspecified atom stereocenters. The first kappa shape index (κ1) is 19.5. The molecule has 0 saturated carbocycles. The number of sulfonamides is 1. The van der Waals surface area contributed by atoms with Crippen LogP contribution >= 0.6 is 0 Å². The fourth-order valence-electron chi connectivity index (χ4n) is 3.11. The molecule has 0 atom stereocenters. The van der Waals surface area contributed by atoms with Crippen LogP contribution in [0.1, 0.15) is 28.8 Å². The normalized spacial score (nSPS) is 15.5. The number of amides is 1. The first-order valence-electron chi connectivity index (χ1n) is 8.76. The highest BCUT2D eigenvalue weighted by Gasteiger charge is 2.28. The van der Waals surface area contributed by atoms with Gasteiger partial charge < -0.3 is 5.32 Å². The third kappa shape index (κ3) is 4.52. The number of hydrazine groups is 1. The van der Waals surface area contributed by atoms with Gasteiger partial charge in [-0.1, -0.05) is 30.3 Å². The van der Waals surface area contributed by atoms with Crippen LogP contribution in [0.4, 0.5) is 4.39 Å². The molecule has 0 aliphatic carbocycles. The maximum absolute atomic E-state index is 14.5. The van der Waals surface area contributed by atoms with E-state index in [0.717, 1.165) is 5.56 Å². The molecular formula is C19H22FN3O3S. The molecule has 1 saturated heterocycles. The molecule has 1 aliphatic rings. The van der Waals surface area contributed by atoms with E-state index in [1.807, 2.05) is 30.3 Å². The second-order valence-electron chi connectivity index (χ2n) is 6.57. The summed E-state index contributed by atoms with van der Waals surface area (Å²) in [5.74, 6) is -1.50. The second-order valence-corrected chi connectivity index (χ2v) is 8.53. The summed E-state index contributed by atoms with van der Waals surface area (Å²) >= 11 is 0. The largest absolute Gasteiger partial charge is 0.317 e. The van der Waals surface area contributed by atoms with Crippen LogP contribution in [0.2, 0.25) is 0 Å². The van der Waals surface area contributed by atoms with Gasteiger partial charge in [-0.05, 0) is 61.7 Å². The van der Waals surface area contributed by atoms with E-state index in [4.69, 9.17) is 0 Å². The number of nitrogens with one attached hydrogen (secondary N) is 3. The quantitative estimate of drug-likeness (QED) is 0.682. The SMILES string of the molecule is Cc1cc(-c2ccccc2)cc(C(=O)NNS(=O)(=O)C2CCNCC2)c1F. The van der Waals surface area contributed by atoms with Crippen molar-refractivity contribution in [2.75, 3.05) is 13.1 Å². The van der Waals surface area contributed by atoms with E-state index in [-0.39, 0.29) is 5.56 Å². The lowest BCUT2D eigenvalue weighted by molar-refractivity contribution is 0.0940. The van der Waals surface area contributed by atoms with Gasteiger partial charge in [0.2, 0.25) is 10.0 Å². The van der Waals surface area contributed by atoms with E-state index in [2.05, 4.69) is 15.6 Å². The summed E-state index contributed by atoms with van der Waals surface area (Å²) in [6.45, 7) is 2.77. The summed E-state index contributed by atoms with van der Waals surface area (Å²) in [5.41, 5.74) is 3.77. The van der Waals surface area contributed by atoms with Crippen molar-refractivity contribution in [3.63, 3.8) is 0 Å². The predicted octanol–water partition coefficient (Wildman–Crippen LogP) is 2.12. The van der Waals surface area contributed by atoms with Crippen LogP contribution in [0, 0.1) is 12.7 Å². The molecule has 2 aromatic rings. The Balaban J connectivity index is 1.79. The van der Waals surface area contributed by atoms with Crippen LogP contribution in [0.5, 0.6) is 0 Å². The fourth-order valence-corrected chi connectivity index (χ4v) is 4.36. The number of halogens is 1. The zero-order chi connectivity index (χ0) is 19.4. The number of hydrogen-bond acceptors (Lipinski definition) is 4. The molecule has 6 nitrogen and oxygen atoms in total. The van der Waals surface area contributed by atoms with Gasteiger partial charge in [0.05, 0.1) is 10.8 Å². The Bertz CT molecular complexity index is 927. The van der Waals surface area contributed by atoms with Crippen molar-refractivity contribution in [1.29, 1.82) is 0 Å². The van der Waals surface area contributed by atoms with Crippen molar-refractivity contribution in [3.8, 4) is 11.1 Å². The topological polar surface area (TPSA) is 87.3 Å². The summed E-state index contributed by atoms with van der Waals surface area (Å²) < 4.78 is 39.1. The molecule has 27 heavy (non-hydrogen) atoms. The molecule has 1 heterocycles. The van der Waals surface area contributed by atoms with Crippen molar-refractivity contribution in [3.05, 3.63) is 59.4 Å². The zero-order valence-corrected chi connectivity index (χ0v) is 15.8. The summed E-state index contributed by atoms with van der Waals surface area (Å²) in [7, 11) is -3.72. The average Bonchev–Trinajstić information content (AvgIpc) is 2.69. The number of carbonyl (C=O) groups is 1. The van der Waals surface area contributed by atoms with Gasteiger partial charge in [-0.2, -0.15) is 0 Å². The number of carbonyl (C=O) groups excluding carboxylic acids is 1. The standard InChI is InChI=1S/C19H22FN3O3S/c1-13-11-15(14-5-3-2-4-6-14)12-17(18(13)20)19(24)22-23-27(25,26)16-7-9-21-10-8-16/h2-6,11-12,16,21,23H,7-10H2,1H3,(H,22,24). The van der Waals surface area contributed by atoms with Gasteiger partial charge in [0.1, 0.15) is 5.82 Å². The molecule has 3 N–H and O–H groups in total. The molecule has 1 amide bonds. The summed E-state index contributed by atoms with van der Waals surface area (Å²) in [4.78, 5) is 14.6. The zero-order valence-electron chi connectivity index (χ0n) is 15.0. The number of aryl methyl sites for hydroxylation is 1. The van der Waals surface area contributed by atoms with E-state index < -0.39 is 27.0 Å². The van der Waals surface area contributed by atoms with Crippen LogP contribution in [-0.4, -0.2) is 32.7 Å². The number of rotatable bonds is 5. The molecule has 0 bridgehead atoms. The molecule has 1 aliphatic heterocycles. The van der Waals surface area contributed by atoms with E-state index in [1.165, 1.54) is 6.07 Å². The van der Waals surface area contributed by atoms with Gasteiger partial charge in [0, 0.05) is 0 Å². The Morgan fingerprint density at radius 1 is 1.11 bits per heavy atom. The molecule has 1 fully saturated rings. The lowest BCUT2D eigenvalue weighted by atomic mass is 9.99. The number of piperidine rings is 1. The van der Waals surface area contributed by atoms with Gasteiger partial charge in [-0.3, -0.25) is 10.2 Å². The van der Waals surface area contributed by atoms with Gasteiger partial charge in [-0.25, -0.2) is 12.8 Å². The van der Waals surface area contributed by atoms with E-state index in [9.17, 15) is 17.6 Å². The predicted molar refractivity (Wildman–Crippen MR) is 102 cm³/mol. The molecule has 3 rings (SSSR count). The first-order chi connectivity index (χ1) is 12.9. The minimum atomic E-state index is -3.72. The van der Waals surface area contributed by atoms with Crippen LogP contribution < -0.4 is 15.6 Å². The Hall–Kier alpha value is -2.29. The third-order valence-electron chi connectivity index (χ3n) is 4.64. The highest BCUT2D eigenvalue weighted by Crippen LogP contribution is 2.24. The van der Waals surface area contributed by atoms with Crippen molar-refractivity contribution < 1.29 is 17.6 Å². The monoisotopic (exact) mass is 391 g/mol. The van der Waals surface area contributed by atoms with Crippen LogP contribution in [0.25, 0.3) is 11.1 Å². The van der Waals surface area contributed by atoms with E-state index >= 15 is 0 Å². The molecule has 144 valence electrons. The molecule has 0 spiro atoms. The molecule has 0 aromatic heterocycles. The third-order valence-corrected chi connectivity index (χ3v) is 6.37. The summed E-state index contributed by atoms with van der Waals surface area (Å²) in [6.07, 6.45) is 0.921. The van der Waals surface area contributed by atoms with Gasteiger partial charge in [-0.15, -0.1) is 4.83 Å². The average molecular weight is 391 g/mol. The lowest BCUT2D eigenvalue weighted by Gasteiger charge is -2.23. The minimum Gasteiger partial charge on any atom is -0.317 e. The summed E-state index contributed by atoms with van der Waals surface area (Å²) in [5, 5.41) is 2.50. The van der Waals surface area contributed by atoms with E-state index in [1.54, 1.807) is 13.0 Å². The second kappa shape index (κ2) is 8.16. The van der Waals surface area contributed by atoms with Crippen molar-refractivity contribution in [2.24, 2.45) is 0 Å². The van der Waals surface area contributed by atoms with Crippen molar-refractivity contribution in [2.45, 2.75) is 25.0 Å². The fraction of sp³-hybridized carbons (Fsp3) is 0.316. The van der Waals surface area contributed by atoms with Gasteiger partial charge in [0.25, 0.3) is 5.91 Å².